The van der Waals surface area contributed by atoms with Crippen LogP contribution in [0.1, 0.15) is 47.8 Å². The average molecular weight is 255 g/mol. The molecule has 0 saturated heterocycles. The molecule has 19 heavy (non-hydrogen) atoms. The van der Waals surface area contributed by atoms with E-state index < -0.39 is 0 Å². The van der Waals surface area contributed by atoms with Gasteiger partial charge < -0.3 is 4.57 Å². The predicted octanol–water partition coefficient (Wildman–Crippen LogP) is 3.96. The van der Waals surface area contributed by atoms with Gasteiger partial charge in [-0.05, 0) is 35.6 Å². The lowest BCUT2D eigenvalue weighted by Crippen LogP contribution is -2.06. The van der Waals surface area contributed by atoms with Crippen molar-refractivity contribution in [2.75, 3.05) is 0 Å². The summed E-state index contributed by atoms with van der Waals surface area (Å²) in [5, 5.41) is 0. The van der Waals surface area contributed by atoms with E-state index in [0.717, 1.165) is 12.1 Å². The summed E-state index contributed by atoms with van der Waals surface area (Å²) in [5.41, 5.74) is 3.36. The first kappa shape index (κ1) is 13.6. The van der Waals surface area contributed by atoms with Crippen LogP contribution in [0.5, 0.6) is 0 Å². The molecule has 2 aromatic rings. The van der Waals surface area contributed by atoms with E-state index in [1.54, 1.807) is 0 Å². The van der Waals surface area contributed by atoms with Gasteiger partial charge in [-0.1, -0.05) is 38.1 Å². The van der Waals surface area contributed by atoms with Crippen molar-refractivity contribution in [2.45, 2.75) is 32.6 Å². The third kappa shape index (κ3) is 3.34. The molecule has 0 aliphatic carbocycles. The van der Waals surface area contributed by atoms with Crippen molar-refractivity contribution >= 4 is 5.78 Å². The largest absolute Gasteiger partial charge is 0.348 e. The van der Waals surface area contributed by atoms with Crippen molar-refractivity contribution in [1.82, 2.24) is 4.57 Å². The second kappa shape index (κ2) is 5.87. The highest BCUT2D eigenvalue weighted by atomic mass is 16.1. The molecule has 0 radical (unpaired) electrons. The lowest BCUT2D eigenvalue weighted by Gasteiger charge is -2.07. The number of aromatic nitrogens is 1. The first-order valence-electron chi connectivity index (χ1n) is 6.81. The van der Waals surface area contributed by atoms with Crippen molar-refractivity contribution in [1.29, 1.82) is 0 Å². The van der Waals surface area contributed by atoms with Crippen LogP contribution in [0, 0.1) is 0 Å². The number of ketones is 1. The summed E-state index contributed by atoms with van der Waals surface area (Å²) < 4.78 is 1.88. The number of rotatable bonds is 5. The van der Waals surface area contributed by atoms with Gasteiger partial charge >= 0.3 is 0 Å². The maximum absolute atomic E-state index is 12.1. The molecule has 0 atom stereocenters. The minimum atomic E-state index is 0.209. The summed E-state index contributed by atoms with van der Waals surface area (Å²) in [7, 11) is 1.91. The van der Waals surface area contributed by atoms with E-state index in [0.29, 0.717) is 12.3 Å². The standard InChI is InChI=1S/C17H21NO/c1-13(2)15-9-6-14(7-10-15)8-11-17(19)16-5-4-12-18(16)3/h4-7,9-10,12-13H,8,11H2,1-3H3. The molecule has 1 aromatic carbocycles. The van der Waals surface area contributed by atoms with Gasteiger partial charge in [0.15, 0.2) is 5.78 Å². The zero-order chi connectivity index (χ0) is 13.8. The van der Waals surface area contributed by atoms with Gasteiger partial charge in [-0.15, -0.1) is 0 Å². The van der Waals surface area contributed by atoms with E-state index in [1.807, 2.05) is 29.9 Å². The van der Waals surface area contributed by atoms with Gasteiger partial charge in [0.1, 0.15) is 0 Å². The number of nitrogens with zero attached hydrogens (tertiary/aromatic N) is 1. The van der Waals surface area contributed by atoms with Crippen LogP contribution in [0.2, 0.25) is 0 Å². The van der Waals surface area contributed by atoms with Crippen molar-refractivity contribution in [3.8, 4) is 0 Å². The van der Waals surface area contributed by atoms with E-state index >= 15 is 0 Å². The van der Waals surface area contributed by atoms with Crippen molar-refractivity contribution < 1.29 is 4.79 Å². The minimum Gasteiger partial charge on any atom is -0.348 e. The fourth-order valence-electron chi connectivity index (χ4n) is 2.21. The maximum atomic E-state index is 12.1. The quantitative estimate of drug-likeness (QED) is 0.741. The monoisotopic (exact) mass is 255 g/mol. The van der Waals surface area contributed by atoms with E-state index in [-0.39, 0.29) is 5.78 Å². The SMILES string of the molecule is CC(C)c1ccc(CCC(=O)c2cccn2C)cc1. The molecular formula is C17H21NO. The Labute approximate surface area is 115 Å². The smallest absolute Gasteiger partial charge is 0.179 e. The molecule has 0 N–H and O–H groups in total. The summed E-state index contributed by atoms with van der Waals surface area (Å²) in [6.07, 6.45) is 3.28. The molecule has 0 aliphatic rings. The number of hydrogen-bond acceptors (Lipinski definition) is 1. The molecule has 0 spiro atoms. The number of carbonyl (C=O) groups excluding carboxylic acids is 1. The highest BCUT2D eigenvalue weighted by Crippen LogP contribution is 2.16. The molecule has 0 unspecified atom stereocenters. The van der Waals surface area contributed by atoms with Gasteiger partial charge in [-0.3, -0.25) is 4.79 Å². The Hall–Kier alpha value is -1.83. The zero-order valence-electron chi connectivity index (χ0n) is 11.9. The Morgan fingerprint density at radius 1 is 1.16 bits per heavy atom. The van der Waals surface area contributed by atoms with Crippen LogP contribution in [0.3, 0.4) is 0 Å². The van der Waals surface area contributed by atoms with Crippen LogP contribution in [0.15, 0.2) is 42.6 Å². The Morgan fingerprint density at radius 3 is 2.37 bits per heavy atom. The number of benzene rings is 1. The van der Waals surface area contributed by atoms with Gasteiger partial charge in [-0.2, -0.15) is 0 Å². The summed E-state index contributed by atoms with van der Waals surface area (Å²) >= 11 is 0. The second-order valence-corrected chi connectivity index (χ2v) is 5.32. The van der Waals surface area contributed by atoms with Crippen LogP contribution in [-0.2, 0) is 13.5 Å². The second-order valence-electron chi connectivity index (χ2n) is 5.32. The first-order chi connectivity index (χ1) is 9.08. The van der Waals surface area contributed by atoms with Crippen LogP contribution >= 0.6 is 0 Å². The maximum Gasteiger partial charge on any atom is 0.179 e. The molecule has 2 heteroatoms. The fourth-order valence-corrected chi connectivity index (χ4v) is 2.21. The molecule has 0 amide bonds. The zero-order valence-corrected chi connectivity index (χ0v) is 11.9. The Morgan fingerprint density at radius 2 is 1.84 bits per heavy atom. The highest BCUT2D eigenvalue weighted by Gasteiger charge is 2.09. The highest BCUT2D eigenvalue weighted by molar-refractivity contribution is 5.94. The normalized spacial score (nSPS) is 10.9. The predicted molar refractivity (Wildman–Crippen MR) is 78.6 cm³/mol. The van der Waals surface area contributed by atoms with Crippen LogP contribution in [0.4, 0.5) is 0 Å². The van der Waals surface area contributed by atoms with Crippen molar-refractivity contribution in [2.24, 2.45) is 7.05 Å². The van der Waals surface area contributed by atoms with Crippen LogP contribution in [0.25, 0.3) is 0 Å². The molecule has 0 aliphatic heterocycles. The van der Waals surface area contributed by atoms with Crippen LogP contribution in [-0.4, -0.2) is 10.4 Å². The Kier molecular flexibility index (Phi) is 4.20. The molecule has 2 rings (SSSR count). The van der Waals surface area contributed by atoms with E-state index in [1.165, 1.54) is 11.1 Å². The summed E-state index contributed by atoms with van der Waals surface area (Å²) in [6.45, 7) is 4.38. The minimum absolute atomic E-state index is 0.209. The third-order valence-electron chi connectivity index (χ3n) is 3.52. The molecule has 2 nitrogen and oxygen atoms in total. The fraction of sp³-hybridized carbons (Fsp3) is 0.353. The molecule has 0 bridgehead atoms. The number of Topliss-reactive ketones (excluding diaryl/α,β-unsaturated/α-hetero) is 1. The van der Waals surface area contributed by atoms with Gasteiger partial charge in [0.05, 0.1) is 5.69 Å². The Bertz CT molecular complexity index is 549. The number of hydrogen-bond donors (Lipinski definition) is 0. The number of carbonyl (C=O) groups is 1. The lowest BCUT2D eigenvalue weighted by atomic mass is 9.99. The number of aryl methyl sites for hydroxylation is 2. The average Bonchev–Trinajstić information content (AvgIpc) is 2.83. The molecule has 0 fully saturated rings. The van der Waals surface area contributed by atoms with Crippen molar-refractivity contribution in [3.05, 3.63) is 59.4 Å². The summed E-state index contributed by atoms with van der Waals surface area (Å²) in [6, 6.07) is 12.4. The van der Waals surface area contributed by atoms with Gasteiger partial charge in [0.2, 0.25) is 0 Å². The van der Waals surface area contributed by atoms with Gasteiger partial charge in [0.25, 0.3) is 0 Å². The summed E-state index contributed by atoms with van der Waals surface area (Å²) in [5.74, 6) is 0.763. The molecule has 1 heterocycles. The molecule has 100 valence electrons. The molecule has 0 saturated carbocycles. The lowest BCUT2D eigenvalue weighted by molar-refractivity contribution is 0.0975. The van der Waals surface area contributed by atoms with Gasteiger partial charge in [-0.25, -0.2) is 0 Å². The Balaban J connectivity index is 1.95. The van der Waals surface area contributed by atoms with E-state index in [4.69, 9.17) is 0 Å². The van der Waals surface area contributed by atoms with E-state index in [9.17, 15) is 4.79 Å². The van der Waals surface area contributed by atoms with Crippen molar-refractivity contribution in [3.63, 3.8) is 0 Å². The van der Waals surface area contributed by atoms with E-state index in [2.05, 4.69) is 38.1 Å². The topological polar surface area (TPSA) is 22.0 Å². The first-order valence-corrected chi connectivity index (χ1v) is 6.81. The van der Waals surface area contributed by atoms with Crippen LogP contribution < -0.4 is 0 Å². The molecule has 1 aromatic heterocycles. The summed E-state index contributed by atoms with van der Waals surface area (Å²) in [4.78, 5) is 12.1. The molecular weight excluding hydrogens is 234 g/mol. The van der Waals surface area contributed by atoms with Gasteiger partial charge in [0, 0.05) is 19.7 Å². The third-order valence-corrected chi connectivity index (χ3v) is 3.52.